The Labute approximate surface area is 72.7 Å². The topological polar surface area (TPSA) is 37.4 Å². The molecule has 0 spiro atoms. The summed E-state index contributed by atoms with van der Waals surface area (Å²) >= 11 is 0. The molecule has 0 saturated carbocycles. The van der Waals surface area contributed by atoms with E-state index in [-0.39, 0.29) is 0 Å². The highest BCUT2D eigenvalue weighted by atomic mass is 32.2. The Balaban J connectivity index is 2.33. The molecular weight excluding hydrogens is 174 g/mol. The standard InChI is InChI=1S/C8H9NO2S/c10-12(11)9-5-7-3-1-2-4-8(7)6-9/h1-4,12H,5-6H2. The summed E-state index contributed by atoms with van der Waals surface area (Å²) in [6.45, 7) is 1.07. The van der Waals surface area contributed by atoms with Gasteiger partial charge in [-0.3, -0.25) is 0 Å². The number of rotatable bonds is 1. The van der Waals surface area contributed by atoms with Gasteiger partial charge < -0.3 is 0 Å². The molecule has 0 unspecified atom stereocenters. The van der Waals surface area contributed by atoms with Crippen LogP contribution < -0.4 is 0 Å². The summed E-state index contributed by atoms with van der Waals surface area (Å²) in [7, 11) is -2.41. The van der Waals surface area contributed by atoms with Gasteiger partial charge in [0, 0.05) is 13.1 Å². The first-order chi connectivity index (χ1) is 5.77. The van der Waals surface area contributed by atoms with E-state index in [2.05, 4.69) is 0 Å². The van der Waals surface area contributed by atoms with Crippen LogP contribution in [0.4, 0.5) is 0 Å². The van der Waals surface area contributed by atoms with Gasteiger partial charge in [-0.25, -0.2) is 8.42 Å². The molecule has 0 bridgehead atoms. The Morgan fingerprint density at radius 2 is 1.58 bits per heavy atom. The Bertz CT molecular complexity index is 340. The highest BCUT2D eigenvalue weighted by molar-refractivity contribution is 7.69. The first-order valence-electron chi connectivity index (χ1n) is 3.73. The Morgan fingerprint density at radius 1 is 1.08 bits per heavy atom. The summed E-state index contributed by atoms with van der Waals surface area (Å²) in [5, 5.41) is 0. The lowest BCUT2D eigenvalue weighted by Crippen LogP contribution is -2.12. The van der Waals surface area contributed by atoms with Crippen LogP contribution in [0, 0.1) is 0 Å². The van der Waals surface area contributed by atoms with Gasteiger partial charge in [-0.15, -0.1) is 0 Å². The van der Waals surface area contributed by atoms with Crippen LogP contribution in [-0.2, 0) is 24.0 Å². The van der Waals surface area contributed by atoms with Crippen LogP contribution in [0.15, 0.2) is 24.3 Å². The minimum atomic E-state index is -2.41. The third-order valence-corrected chi connectivity index (χ3v) is 2.80. The predicted molar refractivity (Wildman–Crippen MR) is 46.0 cm³/mol. The van der Waals surface area contributed by atoms with Gasteiger partial charge in [0.2, 0.25) is 10.9 Å². The van der Waals surface area contributed by atoms with Crippen molar-refractivity contribution in [3.63, 3.8) is 0 Å². The molecule has 1 aliphatic rings. The second kappa shape index (κ2) is 2.88. The number of hydrogen-bond donors (Lipinski definition) is 1. The third kappa shape index (κ3) is 1.23. The largest absolute Gasteiger partial charge is 0.215 e. The van der Waals surface area contributed by atoms with Gasteiger partial charge in [0.15, 0.2) is 0 Å². The molecule has 4 heteroatoms. The molecule has 1 aromatic rings. The fourth-order valence-electron chi connectivity index (χ4n) is 1.43. The molecule has 0 aliphatic carbocycles. The summed E-state index contributed by atoms with van der Waals surface area (Å²) in [4.78, 5) is 0. The Kier molecular flexibility index (Phi) is 1.86. The van der Waals surface area contributed by atoms with E-state index < -0.39 is 10.9 Å². The van der Waals surface area contributed by atoms with Gasteiger partial charge in [-0.1, -0.05) is 24.3 Å². The molecule has 1 heterocycles. The Morgan fingerprint density at radius 3 is 2.00 bits per heavy atom. The van der Waals surface area contributed by atoms with E-state index in [1.165, 1.54) is 4.31 Å². The molecule has 0 radical (unpaired) electrons. The average Bonchev–Trinajstić information content (AvgIpc) is 2.46. The van der Waals surface area contributed by atoms with Crippen molar-refractivity contribution in [2.75, 3.05) is 0 Å². The molecule has 0 N–H and O–H groups in total. The molecule has 0 fully saturated rings. The number of benzene rings is 1. The van der Waals surface area contributed by atoms with Gasteiger partial charge in [0.1, 0.15) is 0 Å². The number of fused-ring (bicyclic) bond motifs is 1. The lowest BCUT2D eigenvalue weighted by molar-refractivity contribution is 0.449. The fraction of sp³-hybridized carbons (Fsp3) is 0.250. The number of thiol groups is 1. The van der Waals surface area contributed by atoms with Crippen LogP contribution in [0.3, 0.4) is 0 Å². The van der Waals surface area contributed by atoms with E-state index in [1.807, 2.05) is 24.3 Å². The van der Waals surface area contributed by atoms with E-state index in [0.29, 0.717) is 13.1 Å². The van der Waals surface area contributed by atoms with Gasteiger partial charge in [-0.05, 0) is 11.1 Å². The predicted octanol–water partition coefficient (Wildman–Crippen LogP) is 0.529. The number of hydrogen-bond acceptors (Lipinski definition) is 2. The molecule has 64 valence electrons. The molecule has 12 heavy (non-hydrogen) atoms. The third-order valence-electron chi connectivity index (χ3n) is 2.06. The average molecular weight is 183 g/mol. The molecule has 2 rings (SSSR count). The van der Waals surface area contributed by atoms with Crippen molar-refractivity contribution in [3.05, 3.63) is 35.4 Å². The monoisotopic (exact) mass is 183 g/mol. The van der Waals surface area contributed by atoms with Crippen molar-refractivity contribution < 1.29 is 8.42 Å². The highest BCUT2D eigenvalue weighted by Crippen LogP contribution is 2.21. The zero-order chi connectivity index (χ0) is 8.55. The minimum absolute atomic E-state index is 0.537. The maximum absolute atomic E-state index is 10.6. The molecule has 0 aromatic heterocycles. The lowest BCUT2D eigenvalue weighted by atomic mass is 10.1. The zero-order valence-corrected chi connectivity index (χ0v) is 7.33. The highest BCUT2D eigenvalue weighted by Gasteiger charge is 2.19. The van der Waals surface area contributed by atoms with Crippen molar-refractivity contribution in [3.8, 4) is 0 Å². The summed E-state index contributed by atoms with van der Waals surface area (Å²) in [5.74, 6) is 0. The second-order valence-corrected chi connectivity index (χ2v) is 3.87. The van der Waals surface area contributed by atoms with Gasteiger partial charge in [0.05, 0.1) is 0 Å². The minimum Gasteiger partial charge on any atom is -0.215 e. The van der Waals surface area contributed by atoms with Crippen LogP contribution in [-0.4, -0.2) is 12.7 Å². The van der Waals surface area contributed by atoms with Crippen LogP contribution in [0.2, 0.25) is 0 Å². The van der Waals surface area contributed by atoms with E-state index in [1.54, 1.807) is 0 Å². The molecule has 1 aliphatic heterocycles. The van der Waals surface area contributed by atoms with Gasteiger partial charge >= 0.3 is 0 Å². The fourth-order valence-corrected chi connectivity index (χ4v) is 1.97. The SMILES string of the molecule is O=[SH](=O)N1Cc2ccccc2C1. The second-order valence-electron chi connectivity index (χ2n) is 2.83. The molecule has 0 atom stereocenters. The molecule has 1 aromatic carbocycles. The quantitative estimate of drug-likeness (QED) is 0.645. The van der Waals surface area contributed by atoms with Crippen LogP contribution in [0.5, 0.6) is 0 Å². The smallest absolute Gasteiger partial charge is 0.204 e. The lowest BCUT2D eigenvalue weighted by Gasteiger charge is -2.01. The molecular formula is C8H9NO2S. The van der Waals surface area contributed by atoms with Crippen LogP contribution >= 0.6 is 0 Å². The van der Waals surface area contributed by atoms with E-state index in [4.69, 9.17) is 0 Å². The first-order valence-corrected chi connectivity index (χ1v) is 4.86. The molecule has 0 amide bonds. The summed E-state index contributed by atoms with van der Waals surface area (Å²) in [6.07, 6.45) is 0. The van der Waals surface area contributed by atoms with Gasteiger partial charge in [-0.2, -0.15) is 4.31 Å². The van der Waals surface area contributed by atoms with Crippen molar-refractivity contribution in [2.24, 2.45) is 0 Å². The van der Waals surface area contributed by atoms with E-state index in [9.17, 15) is 8.42 Å². The Hall–Kier alpha value is -0.870. The van der Waals surface area contributed by atoms with Crippen molar-refractivity contribution in [1.82, 2.24) is 4.31 Å². The summed E-state index contributed by atoms with van der Waals surface area (Å²) < 4.78 is 22.7. The summed E-state index contributed by atoms with van der Waals surface area (Å²) in [5.41, 5.74) is 2.24. The van der Waals surface area contributed by atoms with E-state index in [0.717, 1.165) is 11.1 Å². The zero-order valence-electron chi connectivity index (χ0n) is 6.43. The summed E-state index contributed by atoms with van der Waals surface area (Å²) in [6, 6.07) is 7.79. The van der Waals surface area contributed by atoms with Crippen LogP contribution in [0.1, 0.15) is 11.1 Å². The van der Waals surface area contributed by atoms with Gasteiger partial charge in [0.25, 0.3) is 0 Å². The number of nitrogens with zero attached hydrogens (tertiary/aromatic N) is 1. The van der Waals surface area contributed by atoms with E-state index >= 15 is 0 Å². The van der Waals surface area contributed by atoms with Crippen molar-refractivity contribution in [2.45, 2.75) is 13.1 Å². The van der Waals surface area contributed by atoms with Crippen LogP contribution in [0.25, 0.3) is 0 Å². The maximum atomic E-state index is 10.6. The van der Waals surface area contributed by atoms with Crippen molar-refractivity contribution >= 4 is 10.9 Å². The first kappa shape index (κ1) is 7.76. The normalized spacial score (nSPS) is 16.8. The molecule has 3 nitrogen and oxygen atoms in total. The van der Waals surface area contributed by atoms with Crippen molar-refractivity contribution in [1.29, 1.82) is 0 Å². The maximum Gasteiger partial charge on any atom is 0.204 e. The molecule has 0 saturated heterocycles.